The monoisotopic (exact) mass is 401 g/mol. The zero-order chi connectivity index (χ0) is 13.2. The number of rotatable bonds is 3. The van der Waals surface area contributed by atoms with Crippen LogP contribution in [0.3, 0.4) is 0 Å². The fourth-order valence-corrected chi connectivity index (χ4v) is 3.78. The normalized spacial score (nSPS) is 12.1. The fraction of sp³-hybridized carbons (Fsp3) is 0.0769. The minimum absolute atomic E-state index is 0.000964. The van der Waals surface area contributed by atoms with Crippen LogP contribution in [0.2, 0.25) is 5.02 Å². The zero-order valence-electron chi connectivity index (χ0n) is 9.73. The first-order valence-electron chi connectivity index (χ1n) is 5.63. The molecule has 0 aromatic heterocycles. The summed E-state index contributed by atoms with van der Waals surface area (Å²) in [5.74, 6) is 0. The molecule has 0 bridgehead atoms. The Morgan fingerprint density at radius 3 is 2.95 bits per heavy atom. The van der Waals surface area contributed by atoms with E-state index in [0.29, 0.717) is 0 Å². The molecule has 0 spiro atoms. The molecule has 19 heavy (non-hydrogen) atoms. The van der Waals surface area contributed by atoms with E-state index in [1.807, 2.05) is 36.4 Å². The molecule has 2 aromatic carbocycles. The number of benzene rings is 2. The second-order valence-electron chi connectivity index (χ2n) is 4.03. The van der Waals surface area contributed by atoms with E-state index < -0.39 is 0 Å². The number of nitrogens with one attached hydrogen (secondary N) is 1. The Morgan fingerprint density at radius 1 is 1.21 bits per heavy atom. The summed E-state index contributed by atoms with van der Waals surface area (Å²) in [6, 6.07) is 11.8. The molecule has 96 valence electrons. The minimum atomic E-state index is 0.000964. The van der Waals surface area contributed by atoms with Crippen molar-refractivity contribution < 1.29 is 0 Å². The summed E-state index contributed by atoms with van der Waals surface area (Å²) in [5, 5.41) is 4.13. The van der Waals surface area contributed by atoms with Gasteiger partial charge in [-0.1, -0.05) is 0 Å². The molecule has 1 N–H and O–H groups in total. The molecule has 0 amide bonds. The Hall–Kier alpha value is -0.871. The van der Waals surface area contributed by atoms with E-state index >= 15 is 0 Å². The number of nitrogens with zero attached hydrogens (tertiary/aromatic N) is 2. The van der Waals surface area contributed by atoms with E-state index in [1.54, 1.807) is 0 Å². The van der Waals surface area contributed by atoms with Crippen molar-refractivity contribution in [3.8, 4) is 0 Å². The third kappa shape index (κ3) is 2.84. The summed E-state index contributed by atoms with van der Waals surface area (Å²) in [4.78, 5) is 0. The summed E-state index contributed by atoms with van der Waals surface area (Å²) >= 11 is 9.46. The molecule has 0 atom stereocenters. The molecule has 3 rings (SSSR count). The van der Waals surface area contributed by atoms with Crippen LogP contribution in [-0.2, 0) is 6.54 Å². The molecule has 3 nitrogen and oxygen atoms in total. The SMILES string of the molecule is Clc1ccc(CNc2cccc3c2N=[Se]=N3)c(Br)c1. The first-order valence-corrected chi connectivity index (χ1v) is 8.33. The van der Waals surface area contributed by atoms with Crippen LogP contribution in [0.15, 0.2) is 48.8 Å². The molecular weight excluding hydrogens is 392 g/mol. The van der Waals surface area contributed by atoms with Gasteiger partial charge in [-0.2, -0.15) is 0 Å². The predicted octanol–water partition coefficient (Wildman–Crippen LogP) is 5.06. The van der Waals surface area contributed by atoms with Gasteiger partial charge in [-0.25, -0.2) is 0 Å². The van der Waals surface area contributed by atoms with Crippen molar-refractivity contribution >= 4 is 59.2 Å². The van der Waals surface area contributed by atoms with Crippen molar-refractivity contribution in [3.63, 3.8) is 0 Å². The van der Waals surface area contributed by atoms with Gasteiger partial charge in [0, 0.05) is 0 Å². The standard InChI is InChI=1S/C13H9BrClN3Se/c14-10-6-9(15)5-4-8(10)7-16-11-2-1-3-12-13(11)18-19-17-12/h1-6,16H,7H2. The average molecular weight is 402 g/mol. The van der Waals surface area contributed by atoms with Crippen molar-refractivity contribution in [1.82, 2.24) is 0 Å². The quantitative estimate of drug-likeness (QED) is 0.612. The molecule has 0 saturated heterocycles. The van der Waals surface area contributed by atoms with E-state index in [9.17, 15) is 0 Å². The van der Waals surface area contributed by atoms with Crippen molar-refractivity contribution in [3.05, 3.63) is 51.5 Å². The summed E-state index contributed by atoms with van der Waals surface area (Å²) in [6.07, 6.45) is 0. The number of hydrogen-bond acceptors (Lipinski definition) is 3. The first kappa shape index (κ1) is 13.1. The molecule has 1 aliphatic rings. The Balaban J connectivity index is 1.80. The predicted molar refractivity (Wildman–Crippen MR) is 82.9 cm³/mol. The van der Waals surface area contributed by atoms with E-state index in [0.717, 1.165) is 38.7 Å². The van der Waals surface area contributed by atoms with Crippen molar-refractivity contribution in [1.29, 1.82) is 0 Å². The Labute approximate surface area is 130 Å². The van der Waals surface area contributed by atoms with Crippen LogP contribution in [0, 0.1) is 0 Å². The van der Waals surface area contributed by atoms with Gasteiger partial charge in [0.1, 0.15) is 0 Å². The molecule has 6 heteroatoms. The van der Waals surface area contributed by atoms with Crippen molar-refractivity contribution in [2.45, 2.75) is 6.54 Å². The van der Waals surface area contributed by atoms with E-state index in [4.69, 9.17) is 11.6 Å². The van der Waals surface area contributed by atoms with Gasteiger partial charge in [-0.05, 0) is 0 Å². The van der Waals surface area contributed by atoms with Crippen LogP contribution >= 0.6 is 27.5 Å². The molecule has 0 radical (unpaired) electrons. The van der Waals surface area contributed by atoms with Crippen LogP contribution in [0.4, 0.5) is 17.1 Å². The molecule has 1 aliphatic heterocycles. The van der Waals surface area contributed by atoms with Gasteiger partial charge in [0.25, 0.3) is 0 Å². The van der Waals surface area contributed by atoms with Gasteiger partial charge >= 0.3 is 130 Å². The molecule has 0 aliphatic carbocycles. The van der Waals surface area contributed by atoms with Crippen LogP contribution in [0.1, 0.15) is 5.56 Å². The number of fused-ring (bicyclic) bond motifs is 1. The second kappa shape index (κ2) is 5.63. The van der Waals surface area contributed by atoms with Gasteiger partial charge in [0.05, 0.1) is 0 Å². The maximum atomic E-state index is 5.94. The Bertz CT molecular complexity index is 711. The average Bonchev–Trinajstić information content (AvgIpc) is 2.86. The molecular formula is C13H9BrClN3Se. The molecule has 0 fully saturated rings. The third-order valence-corrected chi connectivity index (χ3v) is 4.88. The molecule has 0 unspecified atom stereocenters. The summed E-state index contributed by atoms with van der Waals surface area (Å²) in [6.45, 7) is 0.719. The van der Waals surface area contributed by atoms with Gasteiger partial charge in [0.15, 0.2) is 0 Å². The third-order valence-electron chi connectivity index (χ3n) is 2.77. The molecule has 1 heterocycles. The van der Waals surface area contributed by atoms with Gasteiger partial charge < -0.3 is 0 Å². The molecule has 2 aromatic rings. The van der Waals surface area contributed by atoms with Crippen LogP contribution < -0.4 is 5.32 Å². The number of anilines is 1. The van der Waals surface area contributed by atoms with E-state index in [1.165, 1.54) is 0 Å². The molecule has 0 saturated carbocycles. The van der Waals surface area contributed by atoms with Gasteiger partial charge in [-0.3, -0.25) is 0 Å². The van der Waals surface area contributed by atoms with E-state index in [-0.39, 0.29) is 14.6 Å². The Morgan fingerprint density at radius 2 is 2.11 bits per heavy atom. The maximum absolute atomic E-state index is 5.94. The summed E-state index contributed by atoms with van der Waals surface area (Å²) in [5.41, 5.74) is 4.15. The first-order chi connectivity index (χ1) is 9.24. The van der Waals surface area contributed by atoms with Crippen molar-refractivity contribution in [2.75, 3.05) is 5.32 Å². The zero-order valence-corrected chi connectivity index (χ0v) is 13.8. The van der Waals surface area contributed by atoms with Crippen LogP contribution in [0.25, 0.3) is 0 Å². The van der Waals surface area contributed by atoms with Crippen LogP contribution in [-0.4, -0.2) is 14.6 Å². The second-order valence-corrected chi connectivity index (χ2v) is 6.43. The van der Waals surface area contributed by atoms with Crippen molar-refractivity contribution in [2.24, 2.45) is 7.92 Å². The van der Waals surface area contributed by atoms with Gasteiger partial charge in [0.2, 0.25) is 0 Å². The summed E-state index contributed by atoms with van der Waals surface area (Å²) < 4.78 is 9.83. The fourth-order valence-electron chi connectivity index (χ4n) is 1.80. The van der Waals surface area contributed by atoms with E-state index in [2.05, 4.69) is 29.2 Å². The van der Waals surface area contributed by atoms with Gasteiger partial charge in [-0.15, -0.1) is 0 Å². The number of halogens is 2. The summed E-state index contributed by atoms with van der Waals surface area (Å²) in [7, 11) is 0. The number of hydrogen-bond donors (Lipinski definition) is 1. The van der Waals surface area contributed by atoms with Crippen LogP contribution in [0.5, 0.6) is 0 Å². The topological polar surface area (TPSA) is 36.8 Å². The Kier molecular flexibility index (Phi) is 3.89.